The number of hydrogen-bond donors (Lipinski definition) is 0. The van der Waals surface area contributed by atoms with Gasteiger partial charge in [0.25, 0.3) is 0 Å². The van der Waals surface area contributed by atoms with Crippen molar-refractivity contribution in [1.82, 2.24) is 0 Å². The second-order valence-electron chi connectivity index (χ2n) is 3.57. The molecule has 0 saturated carbocycles. The fourth-order valence-corrected chi connectivity index (χ4v) is 1.83. The Hall–Kier alpha value is 0.106. The number of ether oxygens (including phenoxy) is 2. The molecule has 0 saturated heterocycles. The first-order valence-electron chi connectivity index (χ1n) is 5.33. The molecule has 0 N–H and O–H groups in total. The molecule has 0 fully saturated rings. The molecule has 0 aliphatic carbocycles. The van der Waals surface area contributed by atoms with Crippen LogP contribution in [0.5, 0.6) is 11.5 Å². The molecule has 0 atom stereocenters. The number of rotatable bonds is 7. The Morgan fingerprint density at radius 1 is 1.42 bits per heavy atom. The molecule has 0 aromatic heterocycles. The van der Waals surface area contributed by atoms with Crippen LogP contribution < -0.4 is 60.9 Å². The minimum atomic E-state index is -4.18. The van der Waals surface area contributed by atoms with Crippen LogP contribution in [0.1, 0.15) is 12.0 Å². The van der Waals surface area contributed by atoms with E-state index in [1.807, 2.05) is 0 Å². The molecule has 0 spiro atoms. The van der Waals surface area contributed by atoms with Gasteiger partial charge in [-0.15, -0.1) is 0 Å². The van der Waals surface area contributed by atoms with Gasteiger partial charge in [-0.05, 0) is 24.6 Å². The van der Waals surface area contributed by atoms with Gasteiger partial charge >= 0.3 is 51.4 Å². The molecular weight excluding hydrogens is 295 g/mol. The molecule has 19 heavy (non-hydrogen) atoms. The molecule has 100 valence electrons. The third kappa shape index (κ3) is 7.45. The first-order valence-corrected chi connectivity index (χ1v) is 6.91. The summed E-state index contributed by atoms with van der Waals surface area (Å²) in [6.45, 7) is 3.81. The molecular formula is C12H15KO5S. The van der Waals surface area contributed by atoms with Crippen LogP contribution in [0.3, 0.4) is 0 Å². The van der Waals surface area contributed by atoms with Crippen molar-refractivity contribution in [2.75, 3.05) is 19.5 Å². The van der Waals surface area contributed by atoms with Gasteiger partial charge in [-0.25, -0.2) is 8.42 Å². The Kier molecular flexibility index (Phi) is 9.17. The van der Waals surface area contributed by atoms with Crippen LogP contribution in [0.2, 0.25) is 0 Å². The van der Waals surface area contributed by atoms with Gasteiger partial charge in [0.2, 0.25) is 0 Å². The predicted octanol–water partition coefficient (Wildman–Crippen LogP) is -1.34. The van der Waals surface area contributed by atoms with E-state index in [0.717, 1.165) is 5.56 Å². The second kappa shape index (κ2) is 9.12. The standard InChI is InChI=1S/C12H16O5S.K/c1-3-10-9-11(16-2)5-6-12(10)17-7-4-8-18(13,14)15;/h3,5-6,9H,1,4,7-8H2,2H3,(H,13,14,15);/q;+1/p-1. The smallest absolute Gasteiger partial charge is 0.748 e. The van der Waals surface area contributed by atoms with Crippen molar-refractivity contribution in [2.45, 2.75) is 6.42 Å². The van der Waals surface area contributed by atoms with E-state index in [1.165, 1.54) is 0 Å². The van der Waals surface area contributed by atoms with Crippen LogP contribution in [0.15, 0.2) is 24.8 Å². The summed E-state index contributed by atoms with van der Waals surface area (Å²) in [6.07, 6.45) is 1.77. The molecule has 5 nitrogen and oxygen atoms in total. The minimum absolute atomic E-state index is 0. The predicted molar refractivity (Wildman–Crippen MR) is 67.8 cm³/mol. The molecule has 0 heterocycles. The Labute approximate surface area is 156 Å². The summed E-state index contributed by atoms with van der Waals surface area (Å²) in [5.74, 6) is 0.834. The second-order valence-corrected chi connectivity index (χ2v) is 5.10. The van der Waals surface area contributed by atoms with Gasteiger partial charge in [-0.1, -0.05) is 12.7 Å². The Bertz CT molecular complexity index is 513. The molecule has 0 unspecified atom stereocenters. The van der Waals surface area contributed by atoms with Crippen LogP contribution in [-0.4, -0.2) is 32.4 Å². The van der Waals surface area contributed by atoms with Gasteiger partial charge < -0.3 is 14.0 Å². The zero-order valence-electron chi connectivity index (χ0n) is 11.1. The Morgan fingerprint density at radius 2 is 2.11 bits per heavy atom. The molecule has 0 radical (unpaired) electrons. The van der Waals surface area contributed by atoms with E-state index in [9.17, 15) is 13.0 Å². The fourth-order valence-electron chi connectivity index (χ4n) is 1.36. The van der Waals surface area contributed by atoms with Gasteiger partial charge in [-0.2, -0.15) is 0 Å². The summed E-state index contributed by atoms with van der Waals surface area (Å²) in [6, 6.07) is 5.20. The monoisotopic (exact) mass is 310 g/mol. The number of hydrogen-bond acceptors (Lipinski definition) is 5. The Balaban J connectivity index is 0.00000324. The van der Waals surface area contributed by atoms with Gasteiger partial charge in [0.15, 0.2) is 0 Å². The van der Waals surface area contributed by atoms with Crippen LogP contribution in [0.4, 0.5) is 0 Å². The van der Waals surface area contributed by atoms with Crippen molar-refractivity contribution in [2.24, 2.45) is 0 Å². The SMILES string of the molecule is C=Cc1cc(OC)ccc1OCCCS(=O)(=O)[O-].[K+]. The van der Waals surface area contributed by atoms with Crippen molar-refractivity contribution in [3.05, 3.63) is 30.3 Å². The van der Waals surface area contributed by atoms with E-state index >= 15 is 0 Å². The van der Waals surface area contributed by atoms with Crippen molar-refractivity contribution in [3.8, 4) is 11.5 Å². The van der Waals surface area contributed by atoms with Crippen molar-refractivity contribution in [1.29, 1.82) is 0 Å². The normalized spacial score (nSPS) is 10.4. The third-order valence-electron chi connectivity index (χ3n) is 2.23. The largest absolute Gasteiger partial charge is 1.00 e. The fraction of sp³-hybridized carbons (Fsp3) is 0.333. The van der Waals surface area contributed by atoms with Crippen LogP contribution in [0.25, 0.3) is 6.08 Å². The average molecular weight is 310 g/mol. The van der Waals surface area contributed by atoms with E-state index in [4.69, 9.17) is 9.47 Å². The van der Waals surface area contributed by atoms with E-state index in [1.54, 1.807) is 31.4 Å². The topological polar surface area (TPSA) is 75.7 Å². The maximum absolute atomic E-state index is 10.4. The summed E-state index contributed by atoms with van der Waals surface area (Å²) in [5, 5.41) is 0. The average Bonchev–Trinajstić information content (AvgIpc) is 2.33. The maximum atomic E-state index is 10.4. The van der Waals surface area contributed by atoms with E-state index in [-0.39, 0.29) is 64.4 Å². The third-order valence-corrected chi connectivity index (χ3v) is 3.02. The molecule has 1 aromatic rings. The molecule has 0 bridgehead atoms. The van der Waals surface area contributed by atoms with Gasteiger partial charge in [0.05, 0.1) is 23.8 Å². The van der Waals surface area contributed by atoms with E-state index in [0.29, 0.717) is 11.5 Å². The van der Waals surface area contributed by atoms with Crippen LogP contribution in [0, 0.1) is 0 Å². The molecule has 1 rings (SSSR count). The zero-order chi connectivity index (χ0) is 13.6. The van der Waals surface area contributed by atoms with E-state index in [2.05, 4.69) is 6.58 Å². The summed E-state index contributed by atoms with van der Waals surface area (Å²) in [5.41, 5.74) is 0.749. The minimum Gasteiger partial charge on any atom is -0.748 e. The first-order chi connectivity index (χ1) is 8.46. The molecule has 0 aliphatic heterocycles. The summed E-state index contributed by atoms with van der Waals surface area (Å²) in [7, 11) is -2.62. The Morgan fingerprint density at radius 3 is 2.63 bits per heavy atom. The van der Waals surface area contributed by atoms with Gasteiger partial charge in [0.1, 0.15) is 11.5 Å². The van der Waals surface area contributed by atoms with Crippen molar-refractivity contribution >= 4 is 16.2 Å². The molecule has 7 heteroatoms. The van der Waals surface area contributed by atoms with Crippen molar-refractivity contribution in [3.63, 3.8) is 0 Å². The molecule has 0 amide bonds. The summed E-state index contributed by atoms with van der Waals surface area (Å²) in [4.78, 5) is 0. The first kappa shape index (κ1) is 19.1. The van der Waals surface area contributed by atoms with Crippen molar-refractivity contribution < 1.29 is 73.8 Å². The molecule has 0 aliphatic rings. The van der Waals surface area contributed by atoms with E-state index < -0.39 is 15.9 Å². The quantitative estimate of drug-likeness (QED) is 0.354. The van der Waals surface area contributed by atoms with Gasteiger partial charge in [0, 0.05) is 11.3 Å². The zero-order valence-corrected chi connectivity index (χ0v) is 15.0. The number of benzene rings is 1. The summed E-state index contributed by atoms with van der Waals surface area (Å²) >= 11 is 0. The van der Waals surface area contributed by atoms with Crippen LogP contribution in [-0.2, 0) is 10.1 Å². The molecule has 1 aromatic carbocycles. The summed E-state index contributed by atoms with van der Waals surface area (Å²) < 4.78 is 41.7. The van der Waals surface area contributed by atoms with Gasteiger partial charge in [-0.3, -0.25) is 0 Å². The number of methoxy groups -OCH3 is 1. The van der Waals surface area contributed by atoms with Crippen LogP contribution >= 0.6 is 0 Å². The maximum Gasteiger partial charge on any atom is 1.00 e.